The van der Waals surface area contributed by atoms with E-state index < -0.39 is 243 Å². The van der Waals surface area contributed by atoms with Gasteiger partial charge in [0.2, 0.25) is 0 Å². The van der Waals surface area contributed by atoms with Gasteiger partial charge >= 0.3 is 0 Å². The third kappa shape index (κ3) is 13.0. The molecule has 0 aromatic rings. The van der Waals surface area contributed by atoms with Crippen molar-refractivity contribution in [3.63, 3.8) is 0 Å². The molecule has 29 heteroatoms. The highest BCUT2D eigenvalue weighted by atomic mass is 16.8. The predicted octanol–water partition coefficient (Wildman–Crippen LogP) is -5.02. The summed E-state index contributed by atoms with van der Waals surface area (Å²) in [5.41, 5.74) is -4.69. The van der Waals surface area contributed by atoms with E-state index in [4.69, 9.17) is 47.4 Å². The normalized spacial score (nSPS) is 51.7. The zero-order valence-corrected chi connectivity index (χ0v) is 52.7. The van der Waals surface area contributed by atoms with E-state index in [0.29, 0.717) is 38.5 Å². The monoisotopic (exact) mass is 1300 g/mol. The first-order valence-electron chi connectivity index (χ1n) is 31.9. The molecule has 5 heterocycles. The predicted molar refractivity (Wildman–Crippen MR) is 305 cm³/mol. The molecule has 5 saturated heterocycles. The molecule has 8 fully saturated rings. The van der Waals surface area contributed by atoms with Gasteiger partial charge in [-0.15, -0.1) is 0 Å². The van der Waals surface area contributed by atoms with Crippen LogP contribution >= 0.6 is 0 Å². The topological polar surface area (TPSA) is 477 Å². The summed E-state index contributed by atoms with van der Waals surface area (Å²) in [6.07, 6.45) is -36.6. The lowest BCUT2D eigenvalue weighted by atomic mass is 9.38. The number of fused-ring (bicyclic) bond motifs is 5. The Hall–Kier alpha value is -1.42. The van der Waals surface area contributed by atoms with E-state index in [1.807, 2.05) is 13.8 Å². The van der Waals surface area contributed by atoms with E-state index in [2.05, 4.69) is 26.8 Å². The number of allylic oxidation sites excluding steroid dienone is 1. The van der Waals surface area contributed by atoms with Crippen molar-refractivity contribution in [1.82, 2.24) is 0 Å². The number of rotatable bonds is 20. The first kappa shape index (κ1) is 72.8. The Morgan fingerprint density at radius 2 is 1.00 bits per heavy atom. The molecule has 0 radical (unpaired) electrons. The lowest BCUT2D eigenvalue weighted by Gasteiger charge is -2.68. The van der Waals surface area contributed by atoms with Crippen LogP contribution in [0.3, 0.4) is 0 Å². The second-order valence-electron chi connectivity index (χ2n) is 29.4. The number of aliphatic hydroxyl groups is 19. The van der Waals surface area contributed by atoms with Crippen LogP contribution in [0.2, 0.25) is 0 Å². The molecule has 19 N–H and O–H groups in total. The Morgan fingerprint density at radius 3 is 1.54 bits per heavy atom. The number of hydrogen-bond acceptors (Lipinski definition) is 29. The highest BCUT2D eigenvalue weighted by molar-refractivity contribution is 5.32. The van der Waals surface area contributed by atoms with Gasteiger partial charge in [0.05, 0.1) is 74.8 Å². The zero-order valence-electron chi connectivity index (χ0n) is 52.7. The molecule has 9 aliphatic rings. The fraction of sp³-hybridized carbons (Fsp3) is 0.967. The van der Waals surface area contributed by atoms with Crippen molar-refractivity contribution in [2.24, 2.45) is 45.3 Å². The summed E-state index contributed by atoms with van der Waals surface area (Å²) in [6.45, 7) is 13.5. The van der Waals surface area contributed by atoms with Crippen molar-refractivity contribution in [1.29, 1.82) is 0 Å². The van der Waals surface area contributed by atoms with Crippen molar-refractivity contribution in [2.45, 2.75) is 291 Å². The summed E-state index contributed by atoms with van der Waals surface area (Å²) in [5.74, 6) is -1.33. The van der Waals surface area contributed by atoms with E-state index in [1.54, 1.807) is 13.8 Å². The molecule has 4 aliphatic carbocycles. The third-order valence-corrected chi connectivity index (χ3v) is 23.3. The van der Waals surface area contributed by atoms with Crippen LogP contribution in [0.1, 0.15) is 114 Å². The molecule has 9 rings (SSSR count). The standard InChI is InChI=1S/C61H104O29/c1-24-27(19-62)83-51(46(75)37(24)66)81-23-31-41(70)45(74)50(90-54-49(78)43(72)39(68)29(21-64)85-54)55(87-31)89-36(57(4,5)79)15-17-60(8,80)32-14-16-58(6)33-12-10-25-26(61(33,9)34(65)18-59(32,58)7)11-13-35(56(25,2)3)88-53-48(77)44(73)40(69)30(86-53)22-82-52-47(76)42(71)38(67)28(20-63)84-52/h10,24,26-55,62-80H,11-23H2,1-9H3. The molecule has 90 heavy (non-hydrogen) atoms. The van der Waals surface area contributed by atoms with E-state index in [-0.39, 0.29) is 24.7 Å². The second kappa shape index (κ2) is 27.5. The molecule has 29 nitrogen and oxygen atoms in total. The zero-order chi connectivity index (χ0) is 66.4. The smallest absolute Gasteiger partial charge is 0.187 e. The van der Waals surface area contributed by atoms with Crippen molar-refractivity contribution < 1.29 is 144 Å². The summed E-state index contributed by atoms with van der Waals surface area (Å²) in [7, 11) is 0. The lowest BCUT2D eigenvalue weighted by Crippen LogP contribution is -2.66. The van der Waals surface area contributed by atoms with E-state index in [9.17, 15) is 97.0 Å². The van der Waals surface area contributed by atoms with Crippen LogP contribution in [0.5, 0.6) is 0 Å². The molecular formula is C61H104O29. The maximum absolute atomic E-state index is 12.9. The van der Waals surface area contributed by atoms with Gasteiger partial charge in [-0.2, -0.15) is 0 Å². The summed E-state index contributed by atoms with van der Waals surface area (Å²) < 4.78 is 59.6. The summed E-state index contributed by atoms with van der Waals surface area (Å²) >= 11 is 0. The minimum absolute atomic E-state index is 0.00600. The maximum Gasteiger partial charge on any atom is 0.187 e. The minimum atomic E-state index is -1.97. The van der Waals surface area contributed by atoms with Gasteiger partial charge in [0.15, 0.2) is 31.5 Å². The van der Waals surface area contributed by atoms with Crippen molar-refractivity contribution in [3.8, 4) is 0 Å². The van der Waals surface area contributed by atoms with Gasteiger partial charge in [-0.3, -0.25) is 0 Å². The van der Waals surface area contributed by atoms with Crippen LogP contribution in [0.25, 0.3) is 0 Å². The second-order valence-corrected chi connectivity index (χ2v) is 29.4. The van der Waals surface area contributed by atoms with Crippen LogP contribution < -0.4 is 0 Å². The number of ether oxygens (including phenoxy) is 10. The van der Waals surface area contributed by atoms with Gasteiger partial charge in [0.1, 0.15) is 104 Å². The van der Waals surface area contributed by atoms with Crippen LogP contribution in [0, 0.1) is 45.3 Å². The van der Waals surface area contributed by atoms with Crippen LogP contribution in [0.4, 0.5) is 0 Å². The molecular weight excluding hydrogens is 1200 g/mol. The largest absolute Gasteiger partial charge is 0.394 e. The summed E-state index contributed by atoms with van der Waals surface area (Å²) in [6, 6.07) is 0. The van der Waals surface area contributed by atoms with Gasteiger partial charge in [0.25, 0.3) is 0 Å². The van der Waals surface area contributed by atoms with Crippen molar-refractivity contribution >= 4 is 0 Å². The molecule has 0 spiro atoms. The average Bonchev–Trinajstić information content (AvgIpc) is 1.30. The Morgan fingerprint density at radius 1 is 0.533 bits per heavy atom. The van der Waals surface area contributed by atoms with Crippen LogP contribution in [-0.4, -0.2) is 307 Å². The summed E-state index contributed by atoms with van der Waals surface area (Å²) in [4.78, 5) is 0. The van der Waals surface area contributed by atoms with Crippen LogP contribution in [-0.2, 0) is 47.4 Å². The fourth-order valence-corrected chi connectivity index (χ4v) is 17.2. The molecule has 0 amide bonds. The van der Waals surface area contributed by atoms with Gasteiger partial charge in [-0.05, 0) is 101 Å². The first-order chi connectivity index (χ1) is 41.9. The maximum atomic E-state index is 12.9. The summed E-state index contributed by atoms with van der Waals surface area (Å²) in [5, 5.41) is 209. The highest BCUT2D eigenvalue weighted by Gasteiger charge is 2.72. The van der Waals surface area contributed by atoms with Gasteiger partial charge in [-0.25, -0.2) is 0 Å². The molecule has 35 atom stereocenters. The van der Waals surface area contributed by atoms with Gasteiger partial charge < -0.3 is 144 Å². The SMILES string of the molecule is CC1C(CO)OC(OCC2OC(OC(CCC(C)(O)C3CCC4(C)C5CC=C6C(CCC(OC7OC(COC8OC(CO)C(O)C(O)C8O)C(O)C(O)C7O)C6(C)C)C5(C)C(O)CC34C)C(C)(C)O)C(OC3OC(CO)C(O)C(O)C3O)C(O)C2O)C(O)C1O. The van der Waals surface area contributed by atoms with E-state index in [1.165, 1.54) is 13.8 Å². The van der Waals surface area contributed by atoms with E-state index >= 15 is 0 Å². The highest BCUT2D eigenvalue weighted by Crippen LogP contribution is 2.75. The Balaban J connectivity index is 0.896. The molecule has 35 unspecified atom stereocenters. The Kier molecular flexibility index (Phi) is 22.2. The molecule has 3 saturated carbocycles. The molecule has 0 bridgehead atoms. The molecule has 0 aromatic heterocycles. The average molecular weight is 1300 g/mol. The molecule has 522 valence electrons. The first-order valence-corrected chi connectivity index (χ1v) is 31.9. The Labute approximate surface area is 523 Å². The van der Waals surface area contributed by atoms with Crippen LogP contribution in [0.15, 0.2) is 11.6 Å². The quantitative estimate of drug-likeness (QED) is 0.0508. The molecule has 5 aliphatic heterocycles. The van der Waals surface area contributed by atoms with Crippen molar-refractivity contribution in [3.05, 3.63) is 11.6 Å². The minimum Gasteiger partial charge on any atom is -0.394 e. The van der Waals surface area contributed by atoms with E-state index in [0.717, 1.165) is 5.57 Å². The number of aliphatic hydroxyl groups excluding tert-OH is 17. The van der Waals surface area contributed by atoms with Crippen molar-refractivity contribution in [2.75, 3.05) is 33.0 Å². The third-order valence-electron chi connectivity index (χ3n) is 23.3. The lowest BCUT2D eigenvalue weighted by molar-refractivity contribution is -0.380. The number of hydrogen-bond donors (Lipinski definition) is 19. The van der Waals surface area contributed by atoms with Gasteiger partial charge in [0, 0.05) is 16.7 Å². The van der Waals surface area contributed by atoms with Gasteiger partial charge in [-0.1, -0.05) is 53.2 Å². The molecule has 0 aromatic carbocycles. The fourth-order valence-electron chi connectivity index (χ4n) is 17.2. The Bertz CT molecular complexity index is 2390.